The topological polar surface area (TPSA) is 63.0 Å². The van der Waals surface area contributed by atoms with Crippen LogP contribution in [0.4, 0.5) is 11.6 Å². The van der Waals surface area contributed by atoms with Gasteiger partial charge in [-0.2, -0.15) is 4.98 Å². The van der Waals surface area contributed by atoms with E-state index in [0.29, 0.717) is 11.3 Å². The number of aryl methyl sites for hydroxylation is 1. The minimum atomic E-state index is -3.32. The maximum atomic E-state index is 10.1. The molecular formula is C18H20N4O. The molecule has 2 N–H and O–H groups in total. The van der Waals surface area contributed by atoms with Gasteiger partial charge in [-0.25, -0.2) is 4.68 Å². The Hall–Kier alpha value is -2.66. The molecule has 0 saturated carbocycles. The van der Waals surface area contributed by atoms with Gasteiger partial charge in [-0.3, -0.25) is 0 Å². The van der Waals surface area contributed by atoms with Crippen molar-refractivity contribution in [1.29, 1.82) is 0 Å². The van der Waals surface area contributed by atoms with Crippen LogP contribution in [0.3, 0.4) is 0 Å². The number of nitrogens with one attached hydrogen (secondary N) is 1. The molecule has 3 aromatic rings. The summed E-state index contributed by atoms with van der Waals surface area (Å²) in [5, 5.41) is 17.4. The van der Waals surface area contributed by atoms with E-state index in [1.54, 1.807) is 17.7 Å². The molecule has 0 bridgehead atoms. The first-order valence-corrected chi connectivity index (χ1v) is 7.00. The average molecular weight is 314 g/mol. The lowest BCUT2D eigenvalue weighted by Gasteiger charge is -2.09. The molecule has 3 rings (SSSR count). The van der Waals surface area contributed by atoms with E-state index in [0.717, 1.165) is 5.69 Å². The Morgan fingerprint density at radius 1 is 1.35 bits per heavy atom. The van der Waals surface area contributed by atoms with Crippen LogP contribution in [0.2, 0.25) is 0 Å². The molecule has 0 radical (unpaired) electrons. The number of rotatable bonds is 5. The Balaban J connectivity index is 1.92. The second-order valence-electron chi connectivity index (χ2n) is 5.03. The highest BCUT2D eigenvalue weighted by Gasteiger charge is 2.06. The van der Waals surface area contributed by atoms with Gasteiger partial charge in [0.15, 0.2) is 0 Å². The van der Waals surface area contributed by atoms with Crippen LogP contribution in [0.1, 0.15) is 26.2 Å². The smallest absolute Gasteiger partial charge is 0.246 e. The van der Waals surface area contributed by atoms with Crippen molar-refractivity contribution >= 4 is 11.6 Å². The van der Waals surface area contributed by atoms with E-state index in [1.807, 2.05) is 30.3 Å². The van der Waals surface area contributed by atoms with Crippen LogP contribution in [0.5, 0.6) is 0 Å². The standard InChI is InChI=1S/C18H20N4O/c1-13-8-15(10-14(2)23)11-16(9-13)20-18-19-12-22(21-18)17-6-4-3-5-7-17/h3-9,11-12,14,23H,10H2,1-2H3,(H,20,21)/i2D3,10D2,14D. The van der Waals surface area contributed by atoms with Gasteiger partial charge >= 0.3 is 0 Å². The number of nitrogens with zero attached hydrogens (tertiary/aromatic N) is 3. The highest BCUT2D eigenvalue weighted by atomic mass is 16.3. The van der Waals surface area contributed by atoms with Gasteiger partial charge in [0.05, 0.1) is 13.1 Å². The van der Waals surface area contributed by atoms with Crippen molar-refractivity contribution in [1.82, 2.24) is 14.8 Å². The third-order valence-corrected chi connectivity index (χ3v) is 3.11. The second kappa shape index (κ2) is 6.62. The first-order chi connectivity index (χ1) is 13.4. The van der Waals surface area contributed by atoms with Crippen molar-refractivity contribution in [3.63, 3.8) is 0 Å². The number of hydrogen-bond acceptors (Lipinski definition) is 4. The van der Waals surface area contributed by atoms with Gasteiger partial charge in [-0.05, 0) is 55.5 Å². The molecule has 1 aromatic heterocycles. The van der Waals surface area contributed by atoms with Crippen molar-refractivity contribution < 1.29 is 13.3 Å². The fraction of sp³-hybridized carbons (Fsp3) is 0.222. The number of para-hydroxylation sites is 1. The minimum Gasteiger partial charge on any atom is -0.393 e. The third-order valence-electron chi connectivity index (χ3n) is 3.11. The van der Waals surface area contributed by atoms with E-state index in [9.17, 15) is 5.11 Å². The van der Waals surface area contributed by atoms with Gasteiger partial charge in [0.25, 0.3) is 0 Å². The summed E-state index contributed by atoms with van der Waals surface area (Å²) < 4.78 is 47.5. The second-order valence-corrected chi connectivity index (χ2v) is 5.03. The molecule has 23 heavy (non-hydrogen) atoms. The fourth-order valence-electron chi connectivity index (χ4n) is 2.22. The number of benzene rings is 2. The summed E-state index contributed by atoms with van der Waals surface area (Å²) >= 11 is 0. The van der Waals surface area contributed by atoms with Crippen molar-refractivity contribution in [3.8, 4) is 5.69 Å². The lowest BCUT2D eigenvalue weighted by molar-refractivity contribution is 0.195. The monoisotopic (exact) mass is 314 g/mol. The molecule has 1 atom stereocenters. The van der Waals surface area contributed by atoms with Crippen molar-refractivity contribution in [2.75, 3.05) is 5.32 Å². The summed E-state index contributed by atoms with van der Waals surface area (Å²) in [6.07, 6.45) is -4.65. The van der Waals surface area contributed by atoms with E-state index in [4.69, 9.17) is 8.22 Å². The Morgan fingerprint density at radius 3 is 2.96 bits per heavy atom. The molecule has 0 aliphatic heterocycles. The summed E-state index contributed by atoms with van der Waals surface area (Å²) in [5.41, 5.74) is 1.68. The highest BCUT2D eigenvalue weighted by Crippen LogP contribution is 2.19. The number of aliphatic hydroxyl groups is 1. The van der Waals surface area contributed by atoms with Gasteiger partial charge in [-0.1, -0.05) is 24.3 Å². The Morgan fingerprint density at radius 2 is 2.17 bits per heavy atom. The molecule has 0 spiro atoms. The molecule has 0 aliphatic carbocycles. The predicted molar refractivity (Wildman–Crippen MR) is 91.2 cm³/mol. The molecular weight excluding hydrogens is 288 g/mol. The maximum absolute atomic E-state index is 10.1. The first-order valence-electron chi connectivity index (χ1n) is 10.0. The zero-order chi connectivity index (χ0) is 21.4. The molecule has 0 amide bonds. The van der Waals surface area contributed by atoms with Gasteiger partial charge in [-0.15, -0.1) is 5.10 Å². The summed E-state index contributed by atoms with van der Waals surface area (Å²) in [6.45, 7) is -1.54. The SMILES string of the molecule is [2H]C([2H])([2H])C([2H])(O)C([2H])([2H])c1cc(C)cc(Nc2ncn(-c3ccccc3)n2)c1. The van der Waals surface area contributed by atoms with E-state index >= 15 is 0 Å². The van der Waals surface area contributed by atoms with Crippen LogP contribution in [0.25, 0.3) is 5.69 Å². The van der Waals surface area contributed by atoms with Crippen LogP contribution in [0.15, 0.2) is 54.9 Å². The zero-order valence-electron chi connectivity index (χ0n) is 18.5. The van der Waals surface area contributed by atoms with Crippen LogP contribution < -0.4 is 5.32 Å². The lowest BCUT2D eigenvalue weighted by atomic mass is 10.1. The third kappa shape index (κ3) is 3.96. The molecule has 118 valence electrons. The van der Waals surface area contributed by atoms with Crippen LogP contribution in [-0.2, 0) is 6.37 Å². The van der Waals surface area contributed by atoms with Crippen LogP contribution >= 0.6 is 0 Å². The van der Waals surface area contributed by atoms with E-state index in [-0.39, 0.29) is 11.5 Å². The van der Waals surface area contributed by atoms with Crippen LogP contribution in [0, 0.1) is 6.92 Å². The average Bonchev–Trinajstić information content (AvgIpc) is 3.09. The lowest BCUT2D eigenvalue weighted by Crippen LogP contribution is -2.05. The Labute approximate surface area is 144 Å². The number of anilines is 2. The molecule has 1 heterocycles. The van der Waals surface area contributed by atoms with Crippen molar-refractivity contribution in [2.24, 2.45) is 0 Å². The molecule has 1 unspecified atom stereocenters. The fourth-order valence-corrected chi connectivity index (χ4v) is 2.22. The molecule has 5 heteroatoms. The summed E-state index contributed by atoms with van der Waals surface area (Å²) in [6, 6.07) is 13.8. The summed E-state index contributed by atoms with van der Waals surface area (Å²) in [7, 11) is 0. The molecule has 0 fully saturated rings. The Bertz CT molecular complexity index is 1000. The Kier molecular flexibility index (Phi) is 2.73. The number of aromatic nitrogens is 3. The van der Waals surface area contributed by atoms with Gasteiger partial charge in [0.2, 0.25) is 5.95 Å². The van der Waals surface area contributed by atoms with E-state index in [1.165, 1.54) is 18.5 Å². The van der Waals surface area contributed by atoms with E-state index in [2.05, 4.69) is 15.4 Å². The van der Waals surface area contributed by atoms with Gasteiger partial charge in [0, 0.05) is 12.5 Å². The summed E-state index contributed by atoms with van der Waals surface area (Å²) in [4.78, 5) is 4.17. The zero-order valence-corrected chi connectivity index (χ0v) is 12.5. The van der Waals surface area contributed by atoms with Gasteiger partial charge in [0.1, 0.15) is 6.33 Å². The normalized spacial score (nSPS) is 18.5. The van der Waals surface area contributed by atoms with Crippen molar-refractivity contribution in [2.45, 2.75) is 26.2 Å². The van der Waals surface area contributed by atoms with E-state index < -0.39 is 19.3 Å². The molecule has 2 aromatic carbocycles. The number of hydrogen-bond donors (Lipinski definition) is 2. The largest absolute Gasteiger partial charge is 0.393 e. The molecule has 0 aliphatic rings. The molecule has 0 saturated heterocycles. The highest BCUT2D eigenvalue weighted by molar-refractivity contribution is 5.56. The van der Waals surface area contributed by atoms with Crippen molar-refractivity contribution in [3.05, 3.63) is 66.0 Å². The maximum Gasteiger partial charge on any atom is 0.246 e. The molecule has 5 nitrogen and oxygen atoms in total. The first kappa shape index (κ1) is 9.47. The predicted octanol–water partition coefficient (Wildman–Crippen LogP) is 3.24. The quantitative estimate of drug-likeness (QED) is 0.759. The summed E-state index contributed by atoms with van der Waals surface area (Å²) in [5.74, 6) is 0.253. The van der Waals surface area contributed by atoms with Crippen LogP contribution in [-0.4, -0.2) is 26.0 Å². The van der Waals surface area contributed by atoms with Gasteiger partial charge < -0.3 is 10.4 Å². The minimum absolute atomic E-state index is 0.142.